The quantitative estimate of drug-likeness (QED) is 0.156. The van der Waals surface area contributed by atoms with Crippen LogP contribution in [-0.2, 0) is 5.41 Å². The van der Waals surface area contributed by atoms with Gasteiger partial charge in [0.1, 0.15) is 5.82 Å². The molecule has 0 saturated heterocycles. The minimum atomic E-state index is -0.388. The largest absolute Gasteiger partial charge is 0.277 e. The Labute approximate surface area is 364 Å². The van der Waals surface area contributed by atoms with Crippen molar-refractivity contribution in [1.29, 1.82) is 0 Å². The topological polar surface area (TPSA) is 82.3 Å². The number of allylic oxidation sites excluding steroid dienone is 8. The van der Waals surface area contributed by atoms with E-state index in [2.05, 4.69) is 164 Å². The van der Waals surface area contributed by atoms with Gasteiger partial charge in [0.15, 0.2) is 23.3 Å². The van der Waals surface area contributed by atoms with Gasteiger partial charge in [0, 0.05) is 49.2 Å². The minimum Gasteiger partial charge on any atom is -0.277 e. The molecule has 2 atom stereocenters. The summed E-state index contributed by atoms with van der Waals surface area (Å²) in [4.78, 5) is 31.6. The average molecular weight is 812 g/mol. The molecule has 12 rings (SSSR count). The fourth-order valence-electron chi connectivity index (χ4n) is 9.63. The van der Waals surface area contributed by atoms with Crippen LogP contribution in [0.4, 0.5) is 0 Å². The van der Waals surface area contributed by atoms with Crippen LogP contribution < -0.4 is 0 Å². The van der Waals surface area contributed by atoms with E-state index >= 15 is 0 Å². The highest BCUT2D eigenvalue weighted by Crippen LogP contribution is 2.47. The van der Waals surface area contributed by atoms with Crippen LogP contribution in [0.15, 0.2) is 182 Å². The van der Waals surface area contributed by atoms with Gasteiger partial charge in [-0.05, 0) is 59.4 Å². The van der Waals surface area contributed by atoms with Crippen LogP contribution in [0, 0.1) is 5.92 Å². The zero-order valence-electron chi connectivity index (χ0n) is 34.9. The van der Waals surface area contributed by atoms with Crippen LogP contribution in [-0.4, -0.2) is 34.5 Å². The third-order valence-corrected chi connectivity index (χ3v) is 12.9. The van der Waals surface area contributed by atoms with E-state index in [9.17, 15) is 0 Å². The van der Waals surface area contributed by atoms with E-state index in [4.69, 9.17) is 29.9 Å². The molecular weight excluding hydrogens is 771 g/mol. The van der Waals surface area contributed by atoms with E-state index in [1.54, 1.807) is 0 Å². The first-order valence-electron chi connectivity index (χ1n) is 21.7. The third kappa shape index (κ3) is 6.03. The van der Waals surface area contributed by atoms with Crippen LogP contribution in [0.2, 0.25) is 0 Å². The normalized spacial score (nSPS) is 17.4. The standard InChI is InChI=1S/C56H41N7/c1-35-20-10-11-25-38(35)52-58-51(37-23-8-4-9-24-37)61-55(62-52)63-46-31-17-16-30-43(46)48-47-41-28-14-12-26-39(41)45(34-44(47)40-27-13-15-29-42(40)49(48)63)53-57-50(36-21-6-3-7-22-36)59-54(60-53)56(2)32-18-5-19-33-56/h3-19,21-32,34-35H,20,33H2,1-2H3. The molecule has 0 bridgehead atoms. The van der Waals surface area contributed by atoms with Gasteiger partial charge in [-0.25, -0.2) is 19.9 Å². The Kier molecular flexibility index (Phi) is 8.57. The van der Waals surface area contributed by atoms with E-state index in [1.165, 1.54) is 0 Å². The van der Waals surface area contributed by atoms with E-state index in [0.717, 1.165) is 95.1 Å². The lowest BCUT2D eigenvalue weighted by atomic mass is 9.83. The first-order valence-corrected chi connectivity index (χ1v) is 21.7. The van der Waals surface area contributed by atoms with Crippen molar-refractivity contribution in [2.24, 2.45) is 5.92 Å². The summed E-state index contributed by atoms with van der Waals surface area (Å²) in [6, 6.07) is 48.9. The fourth-order valence-corrected chi connectivity index (χ4v) is 9.63. The molecule has 7 heteroatoms. The van der Waals surface area contributed by atoms with E-state index in [-0.39, 0.29) is 11.3 Å². The summed E-state index contributed by atoms with van der Waals surface area (Å²) in [6.45, 7) is 4.45. The lowest BCUT2D eigenvalue weighted by molar-refractivity contribution is 0.554. The number of fused-ring (bicyclic) bond motifs is 10. The molecule has 0 N–H and O–H groups in total. The highest BCUT2D eigenvalue weighted by molar-refractivity contribution is 6.37. The maximum Gasteiger partial charge on any atom is 0.238 e. The van der Waals surface area contributed by atoms with E-state index < -0.39 is 0 Å². The molecule has 0 spiro atoms. The molecule has 7 aromatic carbocycles. The Morgan fingerprint density at radius 2 is 1.14 bits per heavy atom. The molecule has 0 aliphatic heterocycles. The van der Waals surface area contributed by atoms with Gasteiger partial charge in [-0.2, -0.15) is 9.97 Å². The highest BCUT2D eigenvalue weighted by atomic mass is 15.2. The third-order valence-electron chi connectivity index (χ3n) is 12.9. The Hall–Kier alpha value is -7.90. The molecular formula is C56H41N7. The Balaban J connectivity index is 1.19. The monoisotopic (exact) mass is 811 g/mol. The zero-order valence-corrected chi connectivity index (χ0v) is 34.9. The molecule has 0 fully saturated rings. The first-order chi connectivity index (χ1) is 31.0. The van der Waals surface area contributed by atoms with Gasteiger partial charge in [-0.1, -0.05) is 177 Å². The van der Waals surface area contributed by atoms with Crippen molar-refractivity contribution in [2.75, 3.05) is 0 Å². The smallest absolute Gasteiger partial charge is 0.238 e. The van der Waals surface area contributed by atoms with Crippen molar-refractivity contribution in [3.63, 3.8) is 0 Å². The van der Waals surface area contributed by atoms with Crippen LogP contribution in [0.5, 0.6) is 0 Å². The number of aromatic nitrogens is 7. The molecule has 63 heavy (non-hydrogen) atoms. The van der Waals surface area contributed by atoms with E-state index in [0.29, 0.717) is 29.2 Å². The molecule has 3 aromatic heterocycles. The fraction of sp³-hybridized carbons (Fsp3) is 0.107. The van der Waals surface area contributed by atoms with Gasteiger partial charge in [-0.3, -0.25) is 4.57 Å². The summed E-state index contributed by atoms with van der Waals surface area (Å²) in [7, 11) is 0. The van der Waals surface area contributed by atoms with Gasteiger partial charge >= 0.3 is 0 Å². The minimum absolute atomic E-state index is 0.264. The lowest BCUT2D eigenvalue weighted by Crippen LogP contribution is -2.24. The predicted octanol–water partition coefficient (Wildman–Crippen LogP) is 13.4. The summed E-state index contributed by atoms with van der Waals surface area (Å²) >= 11 is 0. The van der Waals surface area contributed by atoms with Crippen LogP contribution in [0.3, 0.4) is 0 Å². The summed E-state index contributed by atoms with van der Waals surface area (Å²) in [5, 5.41) is 8.96. The maximum atomic E-state index is 5.37. The molecule has 0 radical (unpaired) electrons. The zero-order chi connectivity index (χ0) is 42.1. The van der Waals surface area contributed by atoms with Crippen LogP contribution in [0.1, 0.15) is 38.3 Å². The van der Waals surface area contributed by atoms with Gasteiger partial charge in [0.05, 0.1) is 11.0 Å². The van der Waals surface area contributed by atoms with Gasteiger partial charge in [-0.15, -0.1) is 0 Å². The second-order valence-corrected chi connectivity index (χ2v) is 16.9. The molecule has 7 nitrogen and oxygen atoms in total. The highest BCUT2D eigenvalue weighted by Gasteiger charge is 2.30. The van der Waals surface area contributed by atoms with Crippen molar-refractivity contribution >= 4 is 59.7 Å². The van der Waals surface area contributed by atoms with Gasteiger partial charge < -0.3 is 0 Å². The lowest BCUT2D eigenvalue weighted by Gasteiger charge is -2.25. The van der Waals surface area contributed by atoms with Gasteiger partial charge in [0.25, 0.3) is 0 Å². The number of rotatable bonds is 6. The SMILES string of the molecule is CC1CC=CC=C1c1nc(-c2ccccc2)nc(-n2c3ccccc3c3c4c5ccccc5c(-c5nc(-c6ccccc6)nc(C6(C)C=CC=CC6)n5)cc4c4ccccc4c32)n1. The van der Waals surface area contributed by atoms with E-state index in [1.807, 2.05) is 36.4 Å². The van der Waals surface area contributed by atoms with Crippen molar-refractivity contribution in [3.8, 4) is 40.1 Å². The second-order valence-electron chi connectivity index (χ2n) is 16.9. The number of benzene rings is 7. The number of hydrogen-bond acceptors (Lipinski definition) is 6. The second kappa shape index (κ2) is 14.6. The predicted molar refractivity (Wildman–Crippen MR) is 258 cm³/mol. The molecule has 0 amide bonds. The average Bonchev–Trinajstić information content (AvgIpc) is 3.70. The molecule has 0 saturated carbocycles. The summed E-state index contributed by atoms with van der Waals surface area (Å²) in [6.07, 6.45) is 16.8. The summed E-state index contributed by atoms with van der Waals surface area (Å²) in [5.74, 6) is 4.25. The Morgan fingerprint density at radius 3 is 1.87 bits per heavy atom. The van der Waals surface area contributed by atoms with Crippen LogP contribution in [0.25, 0.3) is 99.8 Å². The molecule has 2 aliphatic rings. The Bertz CT molecular complexity index is 3600. The number of hydrogen-bond donors (Lipinski definition) is 0. The number of nitrogens with zero attached hydrogens (tertiary/aromatic N) is 7. The molecule has 2 aliphatic carbocycles. The molecule has 3 heterocycles. The molecule has 300 valence electrons. The van der Waals surface area contributed by atoms with Crippen molar-refractivity contribution in [1.82, 2.24) is 34.5 Å². The Morgan fingerprint density at radius 1 is 0.524 bits per heavy atom. The first kappa shape index (κ1) is 36.9. The van der Waals surface area contributed by atoms with Crippen molar-refractivity contribution in [3.05, 3.63) is 194 Å². The summed E-state index contributed by atoms with van der Waals surface area (Å²) < 4.78 is 2.27. The summed E-state index contributed by atoms with van der Waals surface area (Å²) in [5.41, 5.74) is 5.66. The molecule has 2 unspecified atom stereocenters. The maximum absolute atomic E-state index is 5.37. The van der Waals surface area contributed by atoms with Crippen LogP contribution >= 0.6 is 0 Å². The van der Waals surface area contributed by atoms with Crippen molar-refractivity contribution in [2.45, 2.75) is 32.1 Å². The number of para-hydroxylation sites is 1. The van der Waals surface area contributed by atoms with Gasteiger partial charge in [0.2, 0.25) is 5.95 Å². The van der Waals surface area contributed by atoms with Crippen molar-refractivity contribution < 1.29 is 0 Å². The molecule has 10 aromatic rings.